The third kappa shape index (κ3) is 5.55. The van der Waals surface area contributed by atoms with Gasteiger partial charge in [-0.15, -0.1) is 0 Å². The molecule has 2 heteroatoms. The van der Waals surface area contributed by atoms with Crippen LogP contribution in [-0.4, -0.2) is 5.21 Å². The third-order valence-corrected chi connectivity index (χ3v) is 3.66. The quantitative estimate of drug-likeness (QED) is 0.642. The van der Waals surface area contributed by atoms with E-state index in [0.29, 0.717) is 0 Å². The fourth-order valence-electron chi connectivity index (χ4n) is 2.49. The van der Waals surface area contributed by atoms with Crippen molar-refractivity contribution in [3.63, 3.8) is 0 Å². The van der Waals surface area contributed by atoms with Crippen LogP contribution in [0.4, 0.5) is 0 Å². The lowest BCUT2D eigenvalue weighted by Crippen LogP contribution is -2.07. The van der Waals surface area contributed by atoms with Crippen LogP contribution >= 0.6 is 0 Å². The second-order valence-corrected chi connectivity index (χ2v) is 5.02. The summed E-state index contributed by atoms with van der Waals surface area (Å²) < 4.78 is 0. The molecule has 94 valence electrons. The lowest BCUT2D eigenvalue weighted by molar-refractivity contribution is 0.198. The van der Waals surface area contributed by atoms with Gasteiger partial charge in [0, 0.05) is 5.70 Å². The van der Waals surface area contributed by atoms with Crippen molar-refractivity contribution in [3.8, 4) is 0 Å². The molecule has 0 amide bonds. The molecule has 0 spiro atoms. The Hall–Kier alpha value is -0.500. The first kappa shape index (κ1) is 13.6. The maximum absolute atomic E-state index is 8.97. The molecule has 1 fully saturated rings. The van der Waals surface area contributed by atoms with Gasteiger partial charge in [0.25, 0.3) is 0 Å². The summed E-state index contributed by atoms with van der Waals surface area (Å²) >= 11 is 0. The fourth-order valence-corrected chi connectivity index (χ4v) is 2.49. The highest BCUT2D eigenvalue weighted by molar-refractivity contribution is 5.09. The largest absolute Gasteiger partial charge is 0.291 e. The molecule has 1 saturated carbocycles. The molecular weight excluding hydrogens is 198 g/mol. The van der Waals surface area contributed by atoms with Gasteiger partial charge >= 0.3 is 0 Å². The van der Waals surface area contributed by atoms with Gasteiger partial charge in [-0.25, -0.2) is 0 Å². The van der Waals surface area contributed by atoms with E-state index in [9.17, 15) is 0 Å². The summed E-state index contributed by atoms with van der Waals surface area (Å²) in [4.78, 5) is 0. The van der Waals surface area contributed by atoms with E-state index in [2.05, 4.69) is 5.48 Å². The smallest absolute Gasteiger partial charge is 0.0337 e. The van der Waals surface area contributed by atoms with Crippen molar-refractivity contribution < 1.29 is 5.21 Å². The van der Waals surface area contributed by atoms with Crippen molar-refractivity contribution in [2.75, 3.05) is 0 Å². The highest BCUT2D eigenvalue weighted by Crippen LogP contribution is 2.21. The molecular formula is C14H27NO. The van der Waals surface area contributed by atoms with Crippen molar-refractivity contribution in [3.05, 3.63) is 11.3 Å². The Morgan fingerprint density at radius 3 is 1.56 bits per heavy atom. The molecule has 0 aromatic heterocycles. The first-order valence-corrected chi connectivity index (χ1v) is 6.93. The fraction of sp³-hybridized carbons (Fsp3) is 0.857. The van der Waals surface area contributed by atoms with Crippen LogP contribution in [0.1, 0.15) is 77.6 Å². The van der Waals surface area contributed by atoms with E-state index in [1.807, 2.05) is 6.92 Å². The van der Waals surface area contributed by atoms with E-state index < -0.39 is 0 Å². The maximum atomic E-state index is 8.97. The second-order valence-electron chi connectivity index (χ2n) is 5.02. The van der Waals surface area contributed by atoms with Gasteiger partial charge in [0.2, 0.25) is 0 Å². The van der Waals surface area contributed by atoms with Crippen LogP contribution in [0.3, 0.4) is 0 Å². The molecule has 1 aliphatic carbocycles. The Balaban J connectivity index is 2.42. The molecule has 0 aromatic rings. The summed E-state index contributed by atoms with van der Waals surface area (Å²) in [7, 11) is 0. The molecule has 0 atom stereocenters. The van der Waals surface area contributed by atoms with Crippen LogP contribution < -0.4 is 5.48 Å². The molecule has 16 heavy (non-hydrogen) atoms. The number of hydrogen-bond donors (Lipinski definition) is 2. The van der Waals surface area contributed by atoms with Crippen LogP contribution in [0.5, 0.6) is 0 Å². The summed E-state index contributed by atoms with van der Waals surface area (Å²) in [5, 5.41) is 8.97. The van der Waals surface area contributed by atoms with Gasteiger partial charge in [0.15, 0.2) is 0 Å². The SMILES string of the molecule is CC(NO)=C1CCCCCCCCCCC1. The predicted octanol–water partition coefficient (Wildman–Crippen LogP) is 4.54. The Bertz CT molecular complexity index is 197. The van der Waals surface area contributed by atoms with E-state index >= 15 is 0 Å². The van der Waals surface area contributed by atoms with Gasteiger partial charge in [-0.2, -0.15) is 0 Å². The maximum Gasteiger partial charge on any atom is 0.0337 e. The number of hydroxylamine groups is 1. The normalized spacial score (nSPS) is 20.8. The summed E-state index contributed by atoms with van der Waals surface area (Å²) in [5.74, 6) is 0. The standard InChI is InChI=1S/C14H27NO/c1-13(15-16)14-11-9-7-5-3-2-4-6-8-10-12-14/h15-16H,2-12H2,1H3. The Kier molecular flexibility index (Phi) is 7.32. The minimum Gasteiger partial charge on any atom is -0.291 e. The Labute approximate surface area is 100 Å². The molecule has 0 bridgehead atoms. The van der Waals surface area contributed by atoms with Crippen molar-refractivity contribution in [2.24, 2.45) is 0 Å². The second kappa shape index (κ2) is 8.63. The highest BCUT2D eigenvalue weighted by Gasteiger charge is 2.04. The lowest BCUT2D eigenvalue weighted by Gasteiger charge is -2.13. The van der Waals surface area contributed by atoms with Gasteiger partial charge < -0.3 is 0 Å². The molecule has 0 unspecified atom stereocenters. The summed E-state index contributed by atoms with van der Waals surface area (Å²) in [5.41, 5.74) is 4.74. The predicted molar refractivity (Wildman–Crippen MR) is 68.4 cm³/mol. The monoisotopic (exact) mass is 225 g/mol. The molecule has 0 aliphatic heterocycles. The molecule has 0 heterocycles. The van der Waals surface area contributed by atoms with E-state index in [1.54, 1.807) is 0 Å². The van der Waals surface area contributed by atoms with E-state index in [1.165, 1.54) is 76.2 Å². The first-order chi connectivity index (χ1) is 7.84. The van der Waals surface area contributed by atoms with Crippen LogP contribution in [0.2, 0.25) is 0 Å². The van der Waals surface area contributed by atoms with Gasteiger partial charge in [-0.3, -0.25) is 10.7 Å². The number of rotatable bonds is 1. The Morgan fingerprint density at radius 1 is 0.812 bits per heavy atom. The zero-order chi connectivity index (χ0) is 11.6. The van der Waals surface area contributed by atoms with Crippen LogP contribution in [-0.2, 0) is 0 Å². The van der Waals surface area contributed by atoms with E-state index in [4.69, 9.17) is 5.21 Å². The molecule has 0 aromatic carbocycles. The van der Waals surface area contributed by atoms with Crippen molar-refractivity contribution >= 4 is 0 Å². The molecule has 0 radical (unpaired) electrons. The minimum atomic E-state index is 0.983. The van der Waals surface area contributed by atoms with Gasteiger partial charge in [0.1, 0.15) is 0 Å². The van der Waals surface area contributed by atoms with Gasteiger partial charge in [-0.05, 0) is 38.2 Å². The van der Waals surface area contributed by atoms with Crippen LogP contribution in [0.15, 0.2) is 11.3 Å². The average Bonchev–Trinajstić information content (AvgIpc) is 2.29. The van der Waals surface area contributed by atoms with Crippen molar-refractivity contribution in [1.82, 2.24) is 5.48 Å². The zero-order valence-corrected chi connectivity index (χ0v) is 10.7. The molecule has 0 saturated heterocycles. The Morgan fingerprint density at radius 2 is 1.19 bits per heavy atom. The zero-order valence-electron chi connectivity index (χ0n) is 10.7. The summed E-state index contributed by atoms with van der Waals surface area (Å²) in [6.45, 7) is 1.99. The number of nitrogens with one attached hydrogen (secondary N) is 1. The average molecular weight is 225 g/mol. The van der Waals surface area contributed by atoms with Gasteiger partial charge in [-0.1, -0.05) is 44.9 Å². The topological polar surface area (TPSA) is 32.3 Å². The van der Waals surface area contributed by atoms with Crippen molar-refractivity contribution in [2.45, 2.75) is 77.6 Å². The molecule has 1 rings (SSSR count). The number of hydrogen-bond acceptors (Lipinski definition) is 2. The van der Waals surface area contributed by atoms with E-state index in [0.717, 1.165) is 5.70 Å². The summed E-state index contributed by atoms with van der Waals surface area (Å²) in [6.07, 6.45) is 14.6. The van der Waals surface area contributed by atoms with Crippen LogP contribution in [0, 0.1) is 0 Å². The van der Waals surface area contributed by atoms with Crippen molar-refractivity contribution in [1.29, 1.82) is 0 Å². The number of allylic oxidation sites excluding steroid dienone is 2. The third-order valence-electron chi connectivity index (χ3n) is 3.66. The lowest BCUT2D eigenvalue weighted by atomic mass is 9.96. The molecule has 2 nitrogen and oxygen atoms in total. The molecule has 2 N–H and O–H groups in total. The highest BCUT2D eigenvalue weighted by atomic mass is 16.5. The molecule has 1 aliphatic rings. The summed E-state index contributed by atoms with van der Waals surface area (Å²) in [6, 6.07) is 0. The first-order valence-electron chi connectivity index (χ1n) is 6.93. The van der Waals surface area contributed by atoms with Crippen LogP contribution in [0.25, 0.3) is 0 Å². The van der Waals surface area contributed by atoms with E-state index in [-0.39, 0.29) is 0 Å². The minimum absolute atomic E-state index is 0.983. The van der Waals surface area contributed by atoms with Gasteiger partial charge in [0.05, 0.1) is 0 Å².